The van der Waals surface area contributed by atoms with Crippen LogP contribution in [0.5, 0.6) is 0 Å². The zero-order chi connectivity index (χ0) is 19.6. The average molecular weight is 387 g/mol. The Morgan fingerprint density at radius 1 is 1.11 bits per heavy atom. The van der Waals surface area contributed by atoms with Gasteiger partial charge in [0.2, 0.25) is 0 Å². The summed E-state index contributed by atoms with van der Waals surface area (Å²) < 4.78 is 5.52. The van der Waals surface area contributed by atoms with E-state index in [9.17, 15) is 0 Å². The maximum atomic E-state index is 5.52. The van der Waals surface area contributed by atoms with E-state index in [0.717, 1.165) is 51.0 Å². The fourth-order valence-corrected chi connectivity index (χ4v) is 4.10. The Hall–Kier alpha value is -1.59. The Morgan fingerprint density at radius 2 is 1.86 bits per heavy atom. The third-order valence-electron chi connectivity index (χ3n) is 5.91. The standard InChI is InChI=1S/C23H38N4O/c1-3-19-5-7-20(8-6-19)9-13-25-23(24-4-2)26-22-10-14-27(15-11-22)17-21-12-16-28-18-21/h5-8,21-22H,3-4,9-18H2,1-2H3,(H2,24,25,26). The number of ether oxygens (including phenoxy) is 1. The third kappa shape index (κ3) is 6.78. The number of hydrogen-bond donors (Lipinski definition) is 2. The van der Waals surface area contributed by atoms with Gasteiger partial charge >= 0.3 is 0 Å². The lowest BCUT2D eigenvalue weighted by Gasteiger charge is -2.34. The van der Waals surface area contributed by atoms with Crippen LogP contribution in [0.4, 0.5) is 0 Å². The molecule has 2 heterocycles. The van der Waals surface area contributed by atoms with Crippen LogP contribution in [-0.4, -0.2) is 62.8 Å². The van der Waals surface area contributed by atoms with E-state index in [4.69, 9.17) is 9.73 Å². The van der Waals surface area contributed by atoms with Crippen molar-refractivity contribution in [1.82, 2.24) is 15.5 Å². The molecule has 5 heteroatoms. The largest absolute Gasteiger partial charge is 0.381 e. The number of nitrogens with zero attached hydrogens (tertiary/aromatic N) is 2. The van der Waals surface area contributed by atoms with E-state index in [2.05, 4.69) is 53.6 Å². The van der Waals surface area contributed by atoms with Crippen molar-refractivity contribution in [2.75, 3.05) is 45.9 Å². The molecule has 1 unspecified atom stereocenters. The fourth-order valence-electron chi connectivity index (χ4n) is 4.10. The number of rotatable bonds is 8. The van der Waals surface area contributed by atoms with E-state index in [-0.39, 0.29) is 0 Å². The van der Waals surface area contributed by atoms with Gasteiger partial charge in [-0.05, 0) is 56.1 Å². The molecule has 2 aliphatic rings. The first-order valence-electron chi connectivity index (χ1n) is 11.2. The molecule has 2 fully saturated rings. The second-order valence-corrected chi connectivity index (χ2v) is 8.13. The molecule has 0 aliphatic carbocycles. The van der Waals surface area contributed by atoms with Crippen LogP contribution < -0.4 is 10.6 Å². The third-order valence-corrected chi connectivity index (χ3v) is 5.91. The van der Waals surface area contributed by atoms with Gasteiger partial charge in [-0.2, -0.15) is 0 Å². The van der Waals surface area contributed by atoms with Crippen LogP contribution in [0.3, 0.4) is 0 Å². The normalized spacial score (nSPS) is 21.8. The lowest BCUT2D eigenvalue weighted by molar-refractivity contribution is 0.150. The van der Waals surface area contributed by atoms with E-state index < -0.39 is 0 Å². The lowest BCUT2D eigenvalue weighted by atomic mass is 10.0. The first-order chi connectivity index (χ1) is 13.8. The number of likely N-dealkylation sites (tertiary alicyclic amines) is 1. The number of aryl methyl sites for hydroxylation is 1. The van der Waals surface area contributed by atoms with Crippen molar-refractivity contribution in [3.63, 3.8) is 0 Å². The molecule has 0 aromatic heterocycles. The highest BCUT2D eigenvalue weighted by Gasteiger charge is 2.24. The topological polar surface area (TPSA) is 48.9 Å². The molecule has 1 atom stereocenters. The van der Waals surface area contributed by atoms with Gasteiger partial charge in [0.1, 0.15) is 0 Å². The molecule has 5 nitrogen and oxygen atoms in total. The molecule has 0 radical (unpaired) electrons. The SMILES string of the molecule is CCNC(=NCCc1ccc(CC)cc1)NC1CCN(CC2CCOC2)CC1. The average Bonchev–Trinajstić information content (AvgIpc) is 3.23. The van der Waals surface area contributed by atoms with E-state index in [1.165, 1.54) is 50.0 Å². The summed E-state index contributed by atoms with van der Waals surface area (Å²) in [6, 6.07) is 9.46. The van der Waals surface area contributed by atoms with Gasteiger partial charge in [-0.25, -0.2) is 0 Å². The van der Waals surface area contributed by atoms with Gasteiger partial charge in [-0.15, -0.1) is 0 Å². The van der Waals surface area contributed by atoms with Gasteiger partial charge in [0.05, 0.1) is 6.61 Å². The minimum atomic E-state index is 0.526. The minimum absolute atomic E-state index is 0.526. The summed E-state index contributed by atoms with van der Waals surface area (Å²) in [6.07, 6.45) is 5.70. The highest BCUT2D eigenvalue weighted by molar-refractivity contribution is 5.80. The van der Waals surface area contributed by atoms with Crippen molar-refractivity contribution in [2.24, 2.45) is 10.9 Å². The lowest BCUT2D eigenvalue weighted by Crippen LogP contribution is -2.49. The van der Waals surface area contributed by atoms with Gasteiger partial charge in [-0.1, -0.05) is 31.2 Å². The van der Waals surface area contributed by atoms with Crippen molar-refractivity contribution in [1.29, 1.82) is 0 Å². The van der Waals surface area contributed by atoms with Crippen LogP contribution in [0.1, 0.15) is 44.2 Å². The summed E-state index contributed by atoms with van der Waals surface area (Å²) >= 11 is 0. The Bertz CT molecular complexity index is 587. The zero-order valence-corrected chi connectivity index (χ0v) is 17.8. The molecule has 2 aliphatic heterocycles. The first kappa shape index (κ1) is 21.1. The van der Waals surface area contributed by atoms with Crippen LogP contribution in [0.2, 0.25) is 0 Å². The predicted molar refractivity (Wildman–Crippen MR) is 117 cm³/mol. The van der Waals surface area contributed by atoms with Crippen LogP contribution in [0, 0.1) is 5.92 Å². The maximum Gasteiger partial charge on any atom is 0.191 e. The van der Waals surface area contributed by atoms with E-state index in [1.807, 2.05) is 0 Å². The van der Waals surface area contributed by atoms with Crippen LogP contribution in [0.25, 0.3) is 0 Å². The van der Waals surface area contributed by atoms with Crippen molar-refractivity contribution in [3.8, 4) is 0 Å². The van der Waals surface area contributed by atoms with E-state index >= 15 is 0 Å². The Balaban J connectivity index is 1.41. The Morgan fingerprint density at radius 3 is 2.50 bits per heavy atom. The molecule has 0 spiro atoms. The summed E-state index contributed by atoms with van der Waals surface area (Å²) in [7, 11) is 0. The first-order valence-corrected chi connectivity index (χ1v) is 11.2. The van der Waals surface area contributed by atoms with Crippen LogP contribution >= 0.6 is 0 Å². The van der Waals surface area contributed by atoms with Gasteiger partial charge in [0.15, 0.2) is 5.96 Å². The number of guanidine groups is 1. The molecular formula is C23H38N4O. The van der Waals surface area contributed by atoms with Crippen LogP contribution in [-0.2, 0) is 17.6 Å². The number of benzene rings is 1. The van der Waals surface area contributed by atoms with Crippen molar-refractivity contribution in [2.45, 2.75) is 52.0 Å². The summed E-state index contributed by atoms with van der Waals surface area (Å²) in [5, 5.41) is 7.08. The Labute approximate surface area is 170 Å². The highest BCUT2D eigenvalue weighted by Crippen LogP contribution is 2.17. The summed E-state index contributed by atoms with van der Waals surface area (Å²) in [4.78, 5) is 7.42. The second-order valence-electron chi connectivity index (χ2n) is 8.13. The Kier molecular flexibility index (Phi) is 8.62. The molecule has 1 aromatic carbocycles. The van der Waals surface area contributed by atoms with Crippen molar-refractivity contribution < 1.29 is 4.74 Å². The van der Waals surface area contributed by atoms with Gasteiger partial charge < -0.3 is 20.3 Å². The van der Waals surface area contributed by atoms with Crippen LogP contribution in [0.15, 0.2) is 29.3 Å². The number of hydrogen-bond acceptors (Lipinski definition) is 3. The molecule has 156 valence electrons. The quantitative estimate of drug-likeness (QED) is 0.533. The molecule has 0 saturated carbocycles. The van der Waals surface area contributed by atoms with E-state index in [1.54, 1.807) is 0 Å². The monoisotopic (exact) mass is 386 g/mol. The molecule has 3 rings (SSSR count). The van der Waals surface area contributed by atoms with Crippen molar-refractivity contribution >= 4 is 5.96 Å². The highest BCUT2D eigenvalue weighted by atomic mass is 16.5. The van der Waals surface area contributed by atoms with E-state index in [0.29, 0.717) is 6.04 Å². The molecule has 0 bridgehead atoms. The summed E-state index contributed by atoms with van der Waals surface area (Å²) in [6.45, 7) is 11.5. The molecule has 2 N–H and O–H groups in total. The smallest absolute Gasteiger partial charge is 0.191 e. The fraction of sp³-hybridized carbons (Fsp3) is 0.696. The van der Waals surface area contributed by atoms with Crippen molar-refractivity contribution in [3.05, 3.63) is 35.4 Å². The minimum Gasteiger partial charge on any atom is -0.381 e. The number of nitrogens with one attached hydrogen (secondary N) is 2. The molecule has 2 saturated heterocycles. The van der Waals surface area contributed by atoms with Gasteiger partial charge in [-0.3, -0.25) is 4.99 Å². The molecule has 0 amide bonds. The zero-order valence-electron chi connectivity index (χ0n) is 17.8. The predicted octanol–water partition coefficient (Wildman–Crippen LogP) is 2.85. The van der Waals surface area contributed by atoms with Gasteiger partial charge in [0, 0.05) is 45.4 Å². The second kappa shape index (κ2) is 11.4. The molecule has 1 aromatic rings. The molecule has 28 heavy (non-hydrogen) atoms. The molecular weight excluding hydrogens is 348 g/mol. The van der Waals surface area contributed by atoms with Gasteiger partial charge in [0.25, 0.3) is 0 Å². The number of piperidine rings is 1. The summed E-state index contributed by atoms with van der Waals surface area (Å²) in [5.41, 5.74) is 2.76. The number of aliphatic imine (C=N–C) groups is 1. The maximum absolute atomic E-state index is 5.52. The summed E-state index contributed by atoms with van der Waals surface area (Å²) in [5.74, 6) is 1.71.